The Hall–Kier alpha value is -3.10. The molecule has 3 aromatic rings. The van der Waals surface area contributed by atoms with Crippen LogP contribution in [0.25, 0.3) is 10.8 Å². The number of benzene rings is 3. The number of hydrogen-bond acceptors (Lipinski definition) is 4. The van der Waals surface area contributed by atoms with E-state index in [0.29, 0.717) is 22.0 Å². The number of hydrogen-bond donors (Lipinski definition) is 1. The van der Waals surface area contributed by atoms with E-state index < -0.39 is 16.1 Å². The van der Waals surface area contributed by atoms with Crippen LogP contribution in [0.15, 0.2) is 65.6 Å². The highest BCUT2D eigenvalue weighted by molar-refractivity contribution is 7.93. The minimum absolute atomic E-state index is 0.00727. The van der Waals surface area contributed by atoms with Crippen LogP contribution in [0.5, 0.6) is 0 Å². The first-order chi connectivity index (χ1) is 17.6. The zero-order chi connectivity index (χ0) is 26.7. The van der Waals surface area contributed by atoms with Crippen molar-refractivity contribution in [3.05, 3.63) is 71.2 Å². The monoisotopic (exact) mass is 541 g/mol. The largest absolute Gasteiger partial charge is 0.352 e. The topological polar surface area (TPSA) is 86.8 Å². The van der Waals surface area contributed by atoms with Crippen molar-refractivity contribution in [1.29, 1.82) is 0 Å². The zero-order valence-corrected chi connectivity index (χ0v) is 22.8. The Morgan fingerprint density at radius 3 is 2.38 bits per heavy atom. The molecule has 0 aromatic heterocycles. The molecule has 4 rings (SSSR count). The van der Waals surface area contributed by atoms with E-state index >= 15 is 0 Å². The summed E-state index contributed by atoms with van der Waals surface area (Å²) in [4.78, 5) is 28.1. The molecule has 0 radical (unpaired) electrons. The van der Waals surface area contributed by atoms with E-state index in [1.54, 1.807) is 42.2 Å². The average Bonchev–Trinajstić information content (AvgIpc) is 3.10. The number of amides is 2. The van der Waals surface area contributed by atoms with E-state index in [2.05, 4.69) is 5.32 Å². The van der Waals surface area contributed by atoms with Crippen molar-refractivity contribution in [2.45, 2.75) is 63.6 Å². The first-order valence-corrected chi connectivity index (χ1v) is 14.3. The third-order valence-corrected chi connectivity index (χ3v) is 8.98. The average molecular weight is 542 g/mol. The second-order valence-corrected chi connectivity index (χ2v) is 11.7. The summed E-state index contributed by atoms with van der Waals surface area (Å²) in [6.07, 6.45) is 1.20. The van der Waals surface area contributed by atoms with Crippen LogP contribution >= 0.6 is 11.6 Å². The molecule has 0 saturated carbocycles. The molecule has 3 aromatic carbocycles. The lowest BCUT2D eigenvalue weighted by molar-refractivity contribution is -0.140. The minimum Gasteiger partial charge on any atom is -0.352 e. The Bertz CT molecular complexity index is 1400. The molecule has 1 heterocycles. The van der Waals surface area contributed by atoms with Gasteiger partial charge in [-0.25, -0.2) is 8.42 Å². The molecule has 1 aliphatic rings. The van der Waals surface area contributed by atoms with Crippen LogP contribution in [-0.4, -0.2) is 43.8 Å². The fourth-order valence-corrected chi connectivity index (χ4v) is 6.43. The molecule has 2 atom stereocenters. The lowest BCUT2D eigenvalue weighted by Gasteiger charge is -2.30. The van der Waals surface area contributed by atoms with Gasteiger partial charge in [-0.2, -0.15) is 0 Å². The van der Waals surface area contributed by atoms with Crippen molar-refractivity contribution in [2.24, 2.45) is 0 Å². The van der Waals surface area contributed by atoms with E-state index in [9.17, 15) is 18.0 Å². The number of nitrogens with zero attached hydrogens (tertiary/aromatic N) is 2. The summed E-state index contributed by atoms with van der Waals surface area (Å²) in [6.45, 7) is 6.04. The highest BCUT2D eigenvalue weighted by Gasteiger charge is 2.35. The molecule has 0 unspecified atom stereocenters. The number of carbonyl (C=O) groups excluding carboxylic acids is 2. The van der Waals surface area contributed by atoms with Gasteiger partial charge in [-0.15, -0.1) is 0 Å². The van der Waals surface area contributed by atoms with E-state index in [1.807, 2.05) is 44.2 Å². The predicted molar refractivity (Wildman–Crippen MR) is 147 cm³/mol. The summed E-state index contributed by atoms with van der Waals surface area (Å²) in [5, 5.41) is 5.13. The van der Waals surface area contributed by atoms with Gasteiger partial charge < -0.3 is 10.2 Å². The maximum absolute atomic E-state index is 13.4. The Balaban J connectivity index is 1.49. The highest BCUT2D eigenvalue weighted by Crippen LogP contribution is 2.42. The van der Waals surface area contributed by atoms with Crippen LogP contribution in [0.2, 0.25) is 5.02 Å². The number of sulfonamides is 1. The predicted octanol–water partition coefficient (Wildman–Crippen LogP) is 5.11. The number of nitrogens with one attached hydrogen (secondary N) is 1. The second-order valence-electron chi connectivity index (χ2n) is 9.45. The molecule has 7 nitrogen and oxygen atoms in total. The smallest absolute Gasteiger partial charge is 0.265 e. The fourth-order valence-electron chi connectivity index (χ4n) is 4.55. The van der Waals surface area contributed by atoms with Crippen molar-refractivity contribution in [1.82, 2.24) is 10.2 Å². The number of halogens is 1. The van der Waals surface area contributed by atoms with Crippen LogP contribution < -0.4 is 9.62 Å². The molecule has 37 heavy (non-hydrogen) atoms. The van der Waals surface area contributed by atoms with Crippen LogP contribution in [0, 0.1) is 0 Å². The van der Waals surface area contributed by atoms with E-state index in [4.69, 9.17) is 11.6 Å². The van der Waals surface area contributed by atoms with E-state index in [1.165, 1.54) is 4.31 Å². The molecule has 1 aliphatic heterocycles. The Labute approximate surface area is 223 Å². The molecule has 196 valence electrons. The van der Waals surface area contributed by atoms with Gasteiger partial charge in [0.2, 0.25) is 11.8 Å². The Kier molecular flexibility index (Phi) is 8.09. The third kappa shape index (κ3) is 5.60. The third-order valence-electron chi connectivity index (χ3n) is 6.87. The van der Waals surface area contributed by atoms with Gasteiger partial charge in [0.15, 0.2) is 0 Å². The van der Waals surface area contributed by atoms with Gasteiger partial charge in [-0.05, 0) is 61.9 Å². The lowest BCUT2D eigenvalue weighted by Crippen LogP contribution is -2.49. The molecule has 0 aliphatic carbocycles. The minimum atomic E-state index is -3.68. The van der Waals surface area contributed by atoms with Gasteiger partial charge in [0, 0.05) is 36.0 Å². The Morgan fingerprint density at radius 2 is 1.70 bits per heavy atom. The first-order valence-electron chi connectivity index (χ1n) is 12.5. The zero-order valence-electron chi connectivity index (χ0n) is 21.3. The lowest BCUT2D eigenvalue weighted by atomic mass is 10.1. The Morgan fingerprint density at radius 1 is 1.03 bits per heavy atom. The fraction of sp³-hybridized carbons (Fsp3) is 0.357. The molecular weight excluding hydrogens is 510 g/mol. The van der Waals surface area contributed by atoms with Crippen molar-refractivity contribution < 1.29 is 18.0 Å². The molecular formula is C28H32ClN3O4S. The van der Waals surface area contributed by atoms with Crippen molar-refractivity contribution in [2.75, 3.05) is 10.8 Å². The summed E-state index contributed by atoms with van der Waals surface area (Å²) in [5.41, 5.74) is 1.49. The first kappa shape index (κ1) is 26.9. The normalized spacial score (nSPS) is 15.4. The number of carbonyl (C=O) groups is 2. The van der Waals surface area contributed by atoms with Gasteiger partial charge in [-0.1, -0.05) is 54.9 Å². The molecule has 0 spiro atoms. The maximum atomic E-state index is 13.4. The maximum Gasteiger partial charge on any atom is 0.265 e. The SMILES string of the molecule is CC[C@H](C)NC(=O)[C@@H](C)N(Cc1ccc(Cl)cc1)C(=O)CCCN1c2cccc3cccc(c23)S1(=O)=O. The van der Waals surface area contributed by atoms with E-state index in [-0.39, 0.29) is 37.4 Å². The number of anilines is 1. The van der Waals surface area contributed by atoms with E-state index in [0.717, 1.165) is 22.8 Å². The van der Waals surface area contributed by atoms with Crippen molar-refractivity contribution in [3.63, 3.8) is 0 Å². The van der Waals surface area contributed by atoms with Crippen LogP contribution in [0.3, 0.4) is 0 Å². The number of rotatable bonds is 10. The van der Waals surface area contributed by atoms with Gasteiger partial charge in [0.25, 0.3) is 10.0 Å². The molecule has 0 bridgehead atoms. The summed E-state index contributed by atoms with van der Waals surface area (Å²) in [7, 11) is -3.68. The molecule has 9 heteroatoms. The standard InChI is InChI=1S/C28H32ClN3O4S/c1-4-19(2)30-28(34)20(3)31(18-21-13-15-23(29)16-14-21)26(33)12-7-17-32-24-10-5-8-22-9-6-11-25(27(22)24)37(32,35)36/h5-6,8-11,13-16,19-20H,4,7,12,17-18H2,1-3H3,(H,30,34)/t19-,20+/m0/s1. The van der Waals surface area contributed by atoms with Crippen molar-refractivity contribution >= 4 is 49.9 Å². The quantitative estimate of drug-likeness (QED) is 0.386. The van der Waals surface area contributed by atoms with Gasteiger partial charge in [-0.3, -0.25) is 13.9 Å². The summed E-state index contributed by atoms with van der Waals surface area (Å²) < 4.78 is 27.9. The highest BCUT2D eigenvalue weighted by atomic mass is 35.5. The second kappa shape index (κ2) is 11.1. The molecule has 1 N–H and O–H groups in total. The summed E-state index contributed by atoms with van der Waals surface area (Å²) in [6, 6.07) is 17.3. The van der Waals surface area contributed by atoms with Crippen LogP contribution in [0.1, 0.15) is 45.6 Å². The molecule has 2 amide bonds. The van der Waals surface area contributed by atoms with Crippen LogP contribution in [-0.2, 0) is 26.2 Å². The van der Waals surface area contributed by atoms with Gasteiger partial charge in [0.05, 0.1) is 10.6 Å². The van der Waals surface area contributed by atoms with Crippen LogP contribution in [0.4, 0.5) is 5.69 Å². The molecule has 0 saturated heterocycles. The van der Waals surface area contributed by atoms with Gasteiger partial charge in [0.1, 0.15) is 6.04 Å². The summed E-state index contributed by atoms with van der Waals surface area (Å²) in [5.74, 6) is -0.435. The molecule has 0 fully saturated rings. The van der Waals surface area contributed by atoms with Crippen molar-refractivity contribution in [3.8, 4) is 0 Å². The van der Waals surface area contributed by atoms with Gasteiger partial charge >= 0.3 is 0 Å². The summed E-state index contributed by atoms with van der Waals surface area (Å²) >= 11 is 6.01.